The van der Waals surface area contributed by atoms with Gasteiger partial charge in [0.25, 0.3) is 0 Å². The lowest BCUT2D eigenvalue weighted by Crippen LogP contribution is -2.15. The van der Waals surface area contributed by atoms with Gasteiger partial charge in [0.05, 0.1) is 12.4 Å². The Kier molecular flexibility index (Phi) is 5.81. The van der Waals surface area contributed by atoms with Crippen molar-refractivity contribution in [2.45, 2.75) is 18.2 Å². The van der Waals surface area contributed by atoms with Crippen LogP contribution < -0.4 is 9.88 Å². The fourth-order valence-electron chi connectivity index (χ4n) is 1.43. The number of halogens is 1. The molecule has 6 nitrogen and oxygen atoms in total. The minimum absolute atomic E-state index is 0.0121. The maximum absolute atomic E-state index is 11.4. The van der Waals surface area contributed by atoms with Crippen LogP contribution in [0.5, 0.6) is 5.75 Å². The average Bonchev–Trinajstić information content (AvgIpc) is 2.35. The number of nitrogens with two attached hydrogens (primary N) is 1. The number of sulfone groups is 1. The molecule has 0 spiro atoms. The average molecular weight is 342 g/mol. The normalized spacial score (nSPS) is 12.3. The summed E-state index contributed by atoms with van der Waals surface area (Å²) in [7, 11) is -7.02. The zero-order valence-electron chi connectivity index (χ0n) is 10.9. The molecule has 0 atom stereocenters. The molecule has 0 heterocycles. The number of hydrogen-bond donors (Lipinski definition) is 1. The Morgan fingerprint density at radius 3 is 2.45 bits per heavy atom. The van der Waals surface area contributed by atoms with E-state index in [1.807, 2.05) is 0 Å². The first-order chi connectivity index (χ1) is 9.15. The number of hydrogen-bond acceptors (Lipinski definition) is 5. The minimum atomic E-state index is -3.95. The summed E-state index contributed by atoms with van der Waals surface area (Å²) in [6.45, 7) is 1.64. The number of benzene rings is 1. The molecule has 0 bridgehead atoms. The highest BCUT2D eigenvalue weighted by molar-refractivity contribution is 7.91. The molecule has 0 amide bonds. The standard InChI is InChI=1S/C11H16ClNO5S2/c1-2-19(14,15)7-3-6-18-10-5-4-9(12)8-11(10)20(13,16)17/h4-5,8H,2-3,6-7H2,1H3,(H2,13,16,17). The summed E-state index contributed by atoms with van der Waals surface area (Å²) in [5.74, 6) is 0.115. The molecule has 1 aromatic carbocycles. The summed E-state index contributed by atoms with van der Waals surface area (Å²) in [4.78, 5) is -0.219. The molecule has 1 aromatic rings. The number of rotatable bonds is 7. The van der Waals surface area contributed by atoms with E-state index in [0.717, 1.165) is 0 Å². The molecule has 0 saturated carbocycles. The van der Waals surface area contributed by atoms with Crippen molar-refractivity contribution in [3.63, 3.8) is 0 Å². The topological polar surface area (TPSA) is 104 Å². The van der Waals surface area contributed by atoms with E-state index in [-0.39, 0.29) is 40.2 Å². The Hall–Kier alpha value is -0.830. The Morgan fingerprint density at radius 1 is 1.25 bits per heavy atom. The highest BCUT2D eigenvalue weighted by Crippen LogP contribution is 2.26. The lowest BCUT2D eigenvalue weighted by atomic mass is 10.3. The molecule has 0 saturated heterocycles. The molecule has 9 heteroatoms. The van der Waals surface area contributed by atoms with Crippen LogP contribution in [-0.2, 0) is 19.9 Å². The van der Waals surface area contributed by atoms with Crippen LogP contribution in [0.25, 0.3) is 0 Å². The molecule has 1 rings (SSSR count). The van der Waals surface area contributed by atoms with Gasteiger partial charge in [-0.1, -0.05) is 18.5 Å². The van der Waals surface area contributed by atoms with Crippen molar-refractivity contribution >= 4 is 31.5 Å². The number of primary sulfonamides is 1. The van der Waals surface area contributed by atoms with Gasteiger partial charge in [0.15, 0.2) is 0 Å². The molecule has 20 heavy (non-hydrogen) atoms. The molecule has 0 aliphatic rings. The zero-order chi connectivity index (χ0) is 15.4. The van der Waals surface area contributed by atoms with Crippen molar-refractivity contribution < 1.29 is 21.6 Å². The van der Waals surface area contributed by atoms with E-state index in [1.165, 1.54) is 18.2 Å². The van der Waals surface area contributed by atoms with Gasteiger partial charge in [0.2, 0.25) is 10.0 Å². The second kappa shape index (κ2) is 6.75. The van der Waals surface area contributed by atoms with E-state index >= 15 is 0 Å². The molecule has 0 unspecified atom stereocenters. The van der Waals surface area contributed by atoms with Gasteiger partial charge in [-0.25, -0.2) is 22.0 Å². The summed E-state index contributed by atoms with van der Waals surface area (Å²) < 4.78 is 50.6. The predicted octanol–water partition coefficient (Wildman–Crippen LogP) is 1.19. The molecule has 0 aromatic heterocycles. The van der Waals surface area contributed by atoms with Gasteiger partial charge < -0.3 is 4.74 Å². The van der Waals surface area contributed by atoms with Gasteiger partial charge in [-0.2, -0.15) is 0 Å². The summed E-state index contributed by atoms with van der Waals surface area (Å²) in [6, 6.07) is 4.04. The monoisotopic (exact) mass is 341 g/mol. The smallest absolute Gasteiger partial charge is 0.241 e. The van der Waals surface area contributed by atoms with E-state index in [4.69, 9.17) is 21.5 Å². The van der Waals surface area contributed by atoms with Gasteiger partial charge in [-0.15, -0.1) is 0 Å². The van der Waals surface area contributed by atoms with Crippen LogP contribution in [0.3, 0.4) is 0 Å². The highest BCUT2D eigenvalue weighted by Gasteiger charge is 2.16. The molecule has 0 fully saturated rings. The molecular weight excluding hydrogens is 326 g/mol. The van der Waals surface area contributed by atoms with Crippen LogP contribution >= 0.6 is 11.6 Å². The van der Waals surface area contributed by atoms with Gasteiger partial charge in [0.1, 0.15) is 20.5 Å². The Bertz CT molecular complexity index is 670. The van der Waals surface area contributed by atoms with Crippen LogP contribution in [0.2, 0.25) is 5.02 Å². The number of sulfonamides is 1. The van der Waals surface area contributed by atoms with Crippen molar-refractivity contribution in [2.24, 2.45) is 5.14 Å². The predicted molar refractivity (Wildman–Crippen MR) is 77.3 cm³/mol. The molecular formula is C11H16ClNO5S2. The van der Waals surface area contributed by atoms with E-state index in [9.17, 15) is 16.8 Å². The maximum Gasteiger partial charge on any atom is 0.241 e. The van der Waals surface area contributed by atoms with Crippen molar-refractivity contribution in [3.05, 3.63) is 23.2 Å². The van der Waals surface area contributed by atoms with Crippen molar-refractivity contribution in [3.8, 4) is 5.75 Å². The Labute approximate surface area is 123 Å². The lowest BCUT2D eigenvalue weighted by Gasteiger charge is -2.10. The minimum Gasteiger partial charge on any atom is -0.492 e. The largest absolute Gasteiger partial charge is 0.492 e. The molecule has 114 valence electrons. The first-order valence-corrected chi connectivity index (χ1v) is 9.56. The summed E-state index contributed by atoms with van der Waals surface area (Å²) >= 11 is 5.71. The third-order valence-electron chi connectivity index (χ3n) is 2.51. The number of ether oxygens (including phenoxy) is 1. The molecule has 0 radical (unpaired) electrons. The van der Waals surface area contributed by atoms with E-state index in [2.05, 4.69) is 0 Å². The zero-order valence-corrected chi connectivity index (χ0v) is 13.3. The molecule has 0 aliphatic carbocycles. The Balaban J connectivity index is 2.75. The Morgan fingerprint density at radius 2 is 1.90 bits per heavy atom. The summed E-state index contributed by atoms with van der Waals surface area (Å²) in [5.41, 5.74) is 0. The van der Waals surface area contributed by atoms with Crippen LogP contribution in [0, 0.1) is 0 Å². The fourth-order valence-corrected chi connectivity index (χ4v) is 3.21. The third kappa shape index (κ3) is 5.28. The van der Waals surface area contributed by atoms with Gasteiger partial charge in [0, 0.05) is 10.8 Å². The lowest BCUT2D eigenvalue weighted by molar-refractivity contribution is 0.309. The van der Waals surface area contributed by atoms with Crippen molar-refractivity contribution in [2.75, 3.05) is 18.1 Å². The quantitative estimate of drug-likeness (QED) is 0.750. The van der Waals surface area contributed by atoms with Crippen LogP contribution in [-0.4, -0.2) is 34.9 Å². The van der Waals surface area contributed by atoms with Gasteiger partial charge in [-0.05, 0) is 24.6 Å². The second-order valence-corrected chi connectivity index (χ2v) is 8.51. The van der Waals surface area contributed by atoms with E-state index < -0.39 is 19.9 Å². The molecule has 2 N–H and O–H groups in total. The van der Waals surface area contributed by atoms with Gasteiger partial charge >= 0.3 is 0 Å². The van der Waals surface area contributed by atoms with Crippen LogP contribution in [0.4, 0.5) is 0 Å². The van der Waals surface area contributed by atoms with E-state index in [1.54, 1.807) is 6.92 Å². The van der Waals surface area contributed by atoms with Gasteiger partial charge in [-0.3, -0.25) is 0 Å². The molecule has 0 aliphatic heterocycles. The highest BCUT2D eigenvalue weighted by atomic mass is 35.5. The van der Waals surface area contributed by atoms with Crippen LogP contribution in [0.1, 0.15) is 13.3 Å². The first-order valence-electron chi connectivity index (χ1n) is 5.81. The third-order valence-corrected chi connectivity index (χ3v) is 5.47. The second-order valence-electron chi connectivity index (χ2n) is 4.07. The van der Waals surface area contributed by atoms with E-state index in [0.29, 0.717) is 0 Å². The first kappa shape index (κ1) is 17.2. The fraction of sp³-hybridized carbons (Fsp3) is 0.455. The van der Waals surface area contributed by atoms with Crippen molar-refractivity contribution in [1.82, 2.24) is 0 Å². The van der Waals surface area contributed by atoms with Crippen LogP contribution in [0.15, 0.2) is 23.1 Å². The SMILES string of the molecule is CCS(=O)(=O)CCCOc1ccc(Cl)cc1S(N)(=O)=O. The van der Waals surface area contributed by atoms with Crippen molar-refractivity contribution in [1.29, 1.82) is 0 Å². The summed E-state index contributed by atoms with van der Waals surface area (Å²) in [5, 5.41) is 5.28. The maximum atomic E-state index is 11.4. The summed E-state index contributed by atoms with van der Waals surface area (Å²) in [6.07, 6.45) is 0.267.